The summed E-state index contributed by atoms with van der Waals surface area (Å²) in [5, 5.41) is 3.56. The third-order valence-corrected chi connectivity index (χ3v) is 3.40. The molecule has 0 saturated heterocycles. The first-order valence-corrected chi connectivity index (χ1v) is 7.33. The summed E-state index contributed by atoms with van der Waals surface area (Å²) in [5.74, 6) is 0.769. The fourth-order valence-corrected chi connectivity index (χ4v) is 2.20. The zero-order chi connectivity index (χ0) is 15.1. The average molecular weight is 304 g/mol. The van der Waals surface area contributed by atoms with Crippen molar-refractivity contribution in [3.05, 3.63) is 59.1 Å². The zero-order valence-corrected chi connectivity index (χ0v) is 12.7. The maximum atomic E-state index is 11.9. The molecule has 0 bridgehead atoms. The lowest BCUT2D eigenvalue weighted by Crippen LogP contribution is -2.12. The Balaban J connectivity index is 1.85. The lowest BCUT2D eigenvalue weighted by Gasteiger charge is -2.08. The molecule has 0 aromatic heterocycles. The number of rotatable bonds is 6. The molecule has 4 heteroatoms. The van der Waals surface area contributed by atoms with Crippen LogP contribution in [-0.4, -0.2) is 12.5 Å². The van der Waals surface area contributed by atoms with Gasteiger partial charge in [0.25, 0.3) is 0 Å². The van der Waals surface area contributed by atoms with Gasteiger partial charge in [-0.3, -0.25) is 4.79 Å². The van der Waals surface area contributed by atoms with Crippen molar-refractivity contribution in [3.63, 3.8) is 0 Å². The molecule has 0 fully saturated rings. The van der Waals surface area contributed by atoms with Crippen molar-refractivity contribution in [1.82, 2.24) is 0 Å². The molecule has 2 aromatic carbocycles. The quantitative estimate of drug-likeness (QED) is 0.863. The van der Waals surface area contributed by atoms with E-state index in [9.17, 15) is 4.79 Å². The number of ether oxygens (including phenoxy) is 1. The predicted octanol–water partition coefficient (Wildman–Crippen LogP) is 4.31. The molecule has 0 aliphatic carbocycles. The number of hydrogen-bond acceptors (Lipinski definition) is 2. The molecule has 1 N–H and O–H groups in total. The van der Waals surface area contributed by atoms with Crippen molar-refractivity contribution in [2.45, 2.75) is 19.8 Å². The maximum absolute atomic E-state index is 11.9. The second-order valence-electron chi connectivity index (χ2n) is 4.60. The first-order chi connectivity index (χ1) is 10.2. The van der Waals surface area contributed by atoms with E-state index in [0.717, 1.165) is 17.0 Å². The smallest absolute Gasteiger partial charge is 0.224 e. The molecular weight excluding hydrogens is 286 g/mol. The van der Waals surface area contributed by atoms with Crippen molar-refractivity contribution in [2.75, 3.05) is 11.9 Å². The third-order valence-electron chi connectivity index (χ3n) is 3.03. The lowest BCUT2D eigenvalue weighted by molar-refractivity contribution is -0.116. The van der Waals surface area contributed by atoms with E-state index in [0.29, 0.717) is 24.5 Å². The van der Waals surface area contributed by atoms with E-state index in [-0.39, 0.29) is 5.91 Å². The summed E-state index contributed by atoms with van der Waals surface area (Å²) < 4.78 is 5.36. The Hall–Kier alpha value is -2.00. The van der Waals surface area contributed by atoms with E-state index < -0.39 is 0 Å². The van der Waals surface area contributed by atoms with Gasteiger partial charge in [-0.25, -0.2) is 0 Å². The number of aryl methyl sites for hydroxylation is 1. The monoisotopic (exact) mass is 303 g/mol. The summed E-state index contributed by atoms with van der Waals surface area (Å²) in [6, 6.07) is 14.9. The summed E-state index contributed by atoms with van der Waals surface area (Å²) in [4.78, 5) is 11.9. The van der Waals surface area contributed by atoms with Gasteiger partial charge in [0.15, 0.2) is 0 Å². The molecule has 0 spiro atoms. The second kappa shape index (κ2) is 7.70. The fraction of sp³-hybridized carbons (Fsp3) is 0.235. The second-order valence-corrected chi connectivity index (χ2v) is 5.00. The van der Waals surface area contributed by atoms with Gasteiger partial charge in [0.2, 0.25) is 5.91 Å². The number of carbonyl (C=O) groups excluding carboxylic acids is 1. The Morgan fingerprint density at radius 2 is 1.86 bits per heavy atom. The van der Waals surface area contributed by atoms with E-state index >= 15 is 0 Å². The van der Waals surface area contributed by atoms with Crippen molar-refractivity contribution in [1.29, 1.82) is 0 Å². The average Bonchev–Trinajstić information content (AvgIpc) is 2.49. The van der Waals surface area contributed by atoms with Gasteiger partial charge in [-0.2, -0.15) is 0 Å². The Bertz CT molecular complexity index is 596. The summed E-state index contributed by atoms with van der Waals surface area (Å²) in [6.07, 6.45) is 1.03. The van der Waals surface area contributed by atoms with Crippen LogP contribution in [0.4, 0.5) is 5.69 Å². The van der Waals surface area contributed by atoms with E-state index in [1.165, 1.54) is 0 Å². The van der Waals surface area contributed by atoms with Gasteiger partial charge in [0.1, 0.15) is 5.75 Å². The van der Waals surface area contributed by atoms with Crippen LogP contribution in [0.15, 0.2) is 48.5 Å². The van der Waals surface area contributed by atoms with Gasteiger partial charge in [0.05, 0.1) is 6.61 Å². The highest BCUT2D eigenvalue weighted by molar-refractivity contribution is 6.31. The Labute approximate surface area is 129 Å². The molecule has 0 heterocycles. The molecule has 0 atom stereocenters. The van der Waals surface area contributed by atoms with Gasteiger partial charge >= 0.3 is 0 Å². The zero-order valence-electron chi connectivity index (χ0n) is 11.9. The number of hydrogen-bond donors (Lipinski definition) is 1. The number of carbonyl (C=O) groups is 1. The van der Waals surface area contributed by atoms with Crippen LogP contribution in [-0.2, 0) is 11.2 Å². The van der Waals surface area contributed by atoms with Crippen LogP contribution in [0, 0.1) is 0 Å². The molecule has 110 valence electrons. The minimum Gasteiger partial charge on any atom is -0.494 e. The summed E-state index contributed by atoms with van der Waals surface area (Å²) >= 11 is 6.07. The highest BCUT2D eigenvalue weighted by Gasteiger charge is 2.05. The van der Waals surface area contributed by atoms with Gasteiger partial charge in [0, 0.05) is 17.1 Å². The van der Waals surface area contributed by atoms with Gasteiger partial charge in [-0.1, -0.05) is 29.8 Å². The standard InChI is InChI=1S/C17H18ClNO2/c1-2-21-15-10-8-14(9-11-15)19-17(20)12-7-13-5-3-4-6-16(13)18/h3-6,8-11H,2,7,12H2,1H3,(H,19,20). The molecule has 1 amide bonds. The van der Waals surface area contributed by atoms with Crippen LogP contribution in [0.5, 0.6) is 5.75 Å². The molecular formula is C17H18ClNO2. The summed E-state index contributed by atoms with van der Waals surface area (Å²) in [5.41, 5.74) is 1.75. The minimum absolute atomic E-state index is 0.0286. The molecule has 0 aliphatic heterocycles. The van der Waals surface area contributed by atoms with Crippen LogP contribution in [0.25, 0.3) is 0 Å². The first kappa shape index (κ1) is 15.4. The number of halogens is 1. The summed E-state index contributed by atoms with van der Waals surface area (Å²) in [6.45, 7) is 2.56. The number of nitrogens with one attached hydrogen (secondary N) is 1. The molecule has 0 saturated carbocycles. The Kier molecular flexibility index (Phi) is 5.64. The maximum Gasteiger partial charge on any atom is 0.224 e. The Morgan fingerprint density at radius 1 is 1.14 bits per heavy atom. The number of benzene rings is 2. The van der Waals surface area contributed by atoms with Crippen LogP contribution in [0.2, 0.25) is 5.02 Å². The summed E-state index contributed by atoms with van der Waals surface area (Å²) in [7, 11) is 0. The van der Waals surface area contributed by atoms with Crippen LogP contribution in [0.1, 0.15) is 18.9 Å². The highest BCUT2D eigenvalue weighted by Crippen LogP contribution is 2.18. The van der Waals surface area contributed by atoms with E-state index in [4.69, 9.17) is 16.3 Å². The van der Waals surface area contributed by atoms with Crippen molar-refractivity contribution in [2.24, 2.45) is 0 Å². The van der Waals surface area contributed by atoms with Gasteiger partial charge in [-0.05, 0) is 49.2 Å². The van der Waals surface area contributed by atoms with E-state index in [1.54, 1.807) is 0 Å². The van der Waals surface area contributed by atoms with Gasteiger partial charge in [-0.15, -0.1) is 0 Å². The molecule has 21 heavy (non-hydrogen) atoms. The van der Waals surface area contributed by atoms with Crippen LogP contribution >= 0.6 is 11.6 Å². The minimum atomic E-state index is -0.0286. The predicted molar refractivity (Wildman–Crippen MR) is 86.0 cm³/mol. The topological polar surface area (TPSA) is 38.3 Å². The number of anilines is 1. The lowest BCUT2D eigenvalue weighted by atomic mass is 10.1. The molecule has 0 aliphatic rings. The Morgan fingerprint density at radius 3 is 2.52 bits per heavy atom. The number of amides is 1. The first-order valence-electron chi connectivity index (χ1n) is 6.95. The normalized spacial score (nSPS) is 10.2. The van der Waals surface area contributed by atoms with Crippen LogP contribution in [0.3, 0.4) is 0 Å². The van der Waals surface area contributed by atoms with Crippen molar-refractivity contribution < 1.29 is 9.53 Å². The van der Waals surface area contributed by atoms with Crippen molar-refractivity contribution >= 4 is 23.2 Å². The highest BCUT2D eigenvalue weighted by atomic mass is 35.5. The largest absolute Gasteiger partial charge is 0.494 e. The van der Waals surface area contributed by atoms with Crippen molar-refractivity contribution in [3.8, 4) is 5.75 Å². The fourth-order valence-electron chi connectivity index (χ4n) is 1.97. The molecule has 3 nitrogen and oxygen atoms in total. The molecule has 2 aromatic rings. The molecule has 0 radical (unpaired) electrons. The molecule has 0 unspecified atom stereocenters. The van der Waals surface area contributed by atoms with Crippen LogP contribution < -0.4 is 10.1 Å². The molecule has 2 rings (SSSR count). The van der Waals surface area contributed by atoms with E-state index in [2.05, 4.69) is 5.32 Å². The van der Waals surface area contributed by atoms with Gasteiger partial charge < -0.3 is 10.1 Å². The SMILES string of the molecule is CCOc1ccc(NC(=O)CCc2ccccc2Cl)cc1. The third kappa shape index (κ3) is 4.80. The van der Waals surface area contributed by atoms with E-state index in [1.807, 2.05) is 55.5 Å².